The lowest BCUT2D eigenvalue weighted by Crippen LogP contribution is -2.17. The number of nitrogens with one attached hydrogen (secondary N) is 1. The van der Waals surface area contributed by atoms with Crippen LogP contribution in [0.5, 0.6) is 0 Å². The molecule has 1 aromatic heterocycles. The standard InChI is InChI=1S/C10H13ClN2/c11-7-10(4-5-10)8-13-9-3-1-2-6-12-9/h1-3,6H,4-5,7-8H2,(H,12,13). The largest absolute Gasteiger partial charge is 0.369 e. The molecule has 1 aliphatic carbocycles. The van der Waals surface area contributed by atoms with Gasteiger partial charge < -0.3 is 5.32 Å². The lowest BCUT2D eigenvalue weighted by atomic mass is 10.1. The first-order valence-corrected chi connectivity index (χ1v) is 5.09. The maximum Gasteiger partial charge on any atom is 0.125 e. The normalized spacial score (nSPS) is 18.2. The molecule has 0 saturated heterocycles. The second kappa shape index (κ2) is 3.54. The van der Waals surface area contributed by atoms with Gasteiger partial charge in [-0.25, -0.2) is 4.98 Å². The number of rotatable bonds is 4. The molecule has 3 heteroatoms. The van der Waals surface area contributed by atoms with Crippen LogP contribution in [0.25, 0.3) is 0 Å². The molecule has 2 rings (SSSR count). The average Bonchev–Trinajstić information content (AvgIpc) is 2.97. The molecule has 1 heterocycles. The molecular formula is C10H13ClN2. The van der Waals surface area contributed by atoms with Crippen LogP contribution in [0.2, 0.25) is 0 Å². The van der Waals surface area contributed by atoms with Gasteiger partial charge in [-0.3, -0.25) is 0 Å². The maximum atomic E-state index is 5.86. The number of nitrogens with zero attached hydrogens (tertiary/aromatic N) is 1. The number of anilines is 1. The third-order valence-corrected chi connectivity index (χ3v) is 3.12. The number of hydrogen-bond acceptors (Lipinski definition) is 2. The zero-order valence-electron chi connectivity index (χ0n) is 7.46. The summed E-state index contributed by atoms with van der Waals surface area (Å²) in [6.07, 6.45) is 4.29. The third kappa shape index (κ3) is 2.13. The van der Waals surface area contributed by atoms with Crippen molar-refractivity contribution >= 4 is 17.4 Å². The maximum absolute atomic E-state index is 5.86. The van der Waals surface area contributed by atoms with Crippen molar-refractivity contribution in [1.29, 1.82) is 0 Å². The Balaban J connectivity index is 1.86. The molecule has 13 heavy (non-hydrogen) atoms. The Kier molecular flexibility index (Phi) is 2.40. The molecule has 1 aliphatic rings. The van der Waals surface area contributed by atoms with Gasteiger partial charge in [0.15, 0.2) is 0 Å². The summed E-state index contributed by atoms with van der Waals surface area (Å²) in [6, 6.07) is 5.87. The van der Waals surface area contributed by atoms with Crippen LogP contribution in [-0.4, -0.2) is 17.4 Å². The summed E-state index contributed by atoms with van der Waals surface area (Å²) in [5.41, 5.74) is 0.360. The van der Waals surface area contributed by atoms with E-state index < -0.39 is 0 Å². The van der Waals surface area contributed by atoms with Crippen LogP contribution in [0.1, 0.15) is 12.8 Å². The molecular weight excluding hydrogens is 184 g/mol. The van der Waals surface area contributed by atoms with Gasteiger partial charge in [0.05, 0.1) is 0 Å². The molecule has 1 fully saturated rings. The van der Waals surface area contributed by atoms with Crippen molar-refractivity contribution < 1.29 is 0 Å². The smallest absolute Gasteiger partial charge is 0.125 e. The number of halogens is 1. The lowest BCUT2D eigenvalue weighted by Gasteiger charge is -2.12. The van der Waals surface area contributed by atoms with Crippen LogP contribution in [-0.2, 0) is 0 Å². The Morgan fingerprint density at radius 1 is 1.46 bits per heavy atom. The molecule has 0 aliphatic heterocycles. The summed E-state index contributed by atoms with van der Waals surface area (Å²) >= 11 is 5.86. The Labute approximate surface area is 83.3 Å². The minimum Gasteiger partial charge on any atom is -0.369 e. The highest BCUT2D eigenvalue weighted by atomic mass is 35.5. The van der Waals surface area contributed by atoms with Crippen LogP contribution in [0.3, 0.4) is 0 Å². The van der Waals surface area contributed by atoms with Gasteiger partial charge in [0.25, 0.3) is 0 Å². The molecule has 1 saturated carbocycles. The van der Waals surface area contributed by atoms with Gasteiger partial charge >= 0.3 is 0 Å². The van der Waals surface area contributed by atoms with Crippen molar-refractivity contribution in [2.45, 2.75) is 12.8 Å². The quantitative estimate of drug-likeness (QED) is 0.749. The molecule has 1 N–H and O–H groups in total. The van der Waals surface area contributed by atoms with Gasteiger partial charge in [-0.15, -0.1) is 11.6 Å². The first-order valence-electron chi connectivity index (χ1n) is 4.56. The topological polar surface area (TPSA) is 24.9 Å². The molecule has 70 valence electrons. The Morgan fingerprint density at radius 3 is 2.85 bits per heavy atom. The van der Waals surface area contributed by atoms with E-state index in [-0.39, 0.29) is 0 Å². The highest BCUT2D eigenvalue weighted by Crippen LogP contribution is 2.46. The fraction of sp³-hybridized carbons (Fsp3) is 0.500. The van der Waals surface area contributed by atoms with Crippen LogP contribution in [0, 0.1) is 5.41 Å². The van der Waals surface area contributed by atoms with Crippen molar-refractivity contribution in [3.05, 3.63) is 24.4 Å². The predicted octanol–water partition coefficient (Wildman–Crippen LogP) is 2.51. The number of aromatic nitrogens is 1. The molecule has 1 aromatic rings. The molecule has 0 unspecified atom stereocenters. The molecule has 0 spiro atoms. The summed E-state index contributed by atoms with van der Waals surface area (Å²) in [5, 5.41) is 3.30. The van der Waals surface area contributed by atoms with E-state index in [4.69, 9.17) is 11.6 Å². The summed E-state index contributed by atoms with van der Waals surface area (Å²) in [7, 11) is 0. The van der Waals surface area contributed by atoms with Gasteiger partial charge in [0.2, 0.25) is 0 Å². The zero-order chi connectivity index (χ0) is 9.15. The van der Waals surface area contributed by atoms with Gasteiger partial charge in [-0.2, -0.15) is 0 Å². The molecule has 0 atom stereocenters. The Hall–Kier alpha value is -0.760. The summed E-state index contributed by atoms with van der Waals surface area (Å²) < 4.78 is 0. The van der Waals surface area contributed by atoms with E-state index in [2.05, 4.69) is 10.3 Å². The number of alkyl halides is 1. The van der Waals surface area contributed by atoms with E-state index in [1.807, 2.05) is 18.2 Å². The summed E-state index contributed by atoms with van der Waals surface area (Å²) in [5.74, 6) is 1.70. The second-order valence-corrected chi connectivity index (χ2v) is 3.97. The predicted molar refractivity (Wildman–Crippen MR) is 55.1 cm³/mol. The highest BCUT2D eigenvalue weighted by Gasteiger charge is 2.41. The van der Waals surface area contributed by atoms with Crippen molar-refractivity contribution in [1.82, 2.24) is 4.98 Å². The molecule has 0 bridgehead atoms. The zero-order valence-corrected chi connectivity index (χ0v) is 8.22. The second-order valence-electron chi connectivity index (χ2n) is 3.70. The van der Waals surface area contributed by atoms with E-state index >= 15 is 0 Å². The first-order chi connectivity index (χ1) is 6.35. The number of hydrogen-bond donors (Lipinski definition) is 1. The molecule has 0 radical (unpaired) electrons. The lowest BCUT2D eigenvalue weighted by molar-refractivity contribution is 0.617. The SMILES string of the molecule is ClCC1(CNc2ccccn2)CC1. The highest BCUT2D eigenvalue weighted by molar-refractivity contribution is 6.18. The Morgan fingerprint density at radius 2 is 2.31 bits per heavy atom. The third-order valence-electron chi connectivity index (χ3n) is 2.55. The molecule has 0 amide bonds. The van der Waals surface area contributed by atoms with Gasteiger partial charge in [0.1, 0.15) is 5.82 Å². The van der Waals surface area contributed by atoms with Crippen LogP contribution in [0.4, 0.5) is 5.82 Å². The van der Waals surface area contributed by atoms with E-state index in [0.717, 1.165) is 18.2 Å². The van der Waals surface area contributed by atoms with Gasteiger partial charge in [-0.05, 0) is 25.0 Å². The van der Waals surface area contributed by atoms with Crippen molar-refractivity contribution in [3.63, 3.8) is 0 Å². The van der Waals surface area contributed by atoms with Gasteiger partial charge in [0, 0.05) is 24.0 Å². The Bertz CT molecular complexity index is 270. The van der Waals surface area contributed by atoms with Crippen LogP contribution >= 0.6 is 11.6 Å². The van der Waals surface area contributed by atoms with Gasteiger partial charge in [-0.1, -0.05) is 6.07 Å². The summed E-state index contributed by atoms with van der Waals surface area (Å²) in [6.45, 7) is 0.952. The van der Waals surface area contributed by atoms with E-state index in [9.17, 15) is 0 Å². The van der Waals surface area contributed by atoms with Crippen molar-refractivity contribution in [2.24, 2.45) is 5.41 Å². The van der Waals surface area contributed by atoms with E-state index in [1.165, 1.54) is 12.8 Å². The van der Waals surface area contributed by atoms with Crippen molar-refractivity contribution in [3.8, 4) is 0 Å². The fourth-order valence-corrected chi connectivity index (χ4v) is 1.64. The minimum absolute atomic E-state index is 0.360. The fourth-order valence-electron chi connectivity index (χ4n) is 1.28. The summed E-state index contributed by atoms with van der Waals surface area (Å²) in [4.78, 5) is 4.19. The van der Waals surface area contributed by atoms with E-state index in [1.54, 1.807) is 6.20 Å². The molecule has 2 nitrogen and oxygen atoms in total. The number of pyridine rings is 1. The average molecular weight is 197 g/mol. The first kappa shape index (κ1) is 8.82. The van der Waals surface area contributed by atoms with Crippen LogP contribution < -0.4 is 5.32 Å². The minimum atomic E-state index is 0.360. The monoisotopic (exact) mass is 196 g/mol. The van der Waals surface area contributed by atoms with Crippen LogP contribution in [0.15, 0.2) is 24.4 Å². The van der Waals surface area contributed by atoms with Crippen molar-refractivity contribution in [2.75, 3.05) is 17.7 Å². The molecule has 0 aromatic carbocycles. The van der Waals surface area contributed by atoms with E-state index in [0.29, 0.717) is 5.41 Å².